The van der Waals surface area contributed by atoms with Gasteiger partial charge in [-0.2, -0.15) is 5.10 Å². The Morgan fingerprint density at radius 3 is 2.83 bits per heavy atom. The molecule has 23 heavy (non-hydrogen) atoms. The van der Waals surface area contributed by atoms with Gasteiger partial charge in [-0.1, -0.05) is 12.1 Å². The van der Waals surface area contributed by atoms with E-state index in [4.69, 9.17) is 4.74 Å². The Kier molecular flexibility index (Phi) is 3.41. The van der Waals surface area contributed by atoms with E-state index in [-0.39, 0.29) is 0 Å². The Bertz CT molecular complexity index is 825. The third-order valence-corrected chi connectivity index (χ3v) is 4.52. The zero-order chi connectivity index (χ0) is 15.8. The van der Waals surface area contributed by atoms with Crippen LogP contribution in [0.4, 0.5) is 5.82 Å². The Morgan fingerprint density at radius 2 is 2.04 bits per heavy atom. The minimum atomic E-state index is 0.356. The molecule has 2 aromatic heterocycles. The normalized spacial score (nSPS) is 17.8. The number of methoxy groups -OCH3 is 1. The van der Waals surface area contributed by atoms with Crippen molar-refractivity contribution >= 4 is 11.3 Å². The molecule has 3 heterocycles. The predicted octanol–water partition coefficient (Wildman–Crippen LogP) is 3.39. The molecule has 118 valence electrons. The van der Waals surface area contributed by atoms with Gasteiger partial charge in [-0.15, -0.1) is 0 Å². The monoisotopic (exact) mass is 308 g/mol. The summed E-state index contributed by atoms with van der Waals surface area (Å²) in [6.07, 6.45) is 6.05. The van der Waals surface area contributed by atoms with Crippen LogP contribution in [0.1, 0.15) is 30.1 Å². The van der Waals surface area contributed by atoms with Crippen molar-refractivity contribution in [2.75, 3.05) is 18.6 Å². The minimum Gasteiger partial charge on any atom is -0.497 e. The molecular formula is C18H20N4O. The first-order chi connectivity index (χ1) is 11.3. The number of anilines is 1. The summed E-state index contributed by atoms with van der Waals surface area (Å²) in [6, 6.07) is 10.8. The molecule has 1 aromatic carbocycles. The lowest BCUT2D eigenvalue weighted by molar-refractivity contribution is 0.414. The standard InChI is InChI=1S/C18H20N4O/c1-13-12-17-18(19-9-11-22(17)20-13)21-10-3-4-16(21)14-5-7-15(23-2)8-6-14/h5-9,11-12,16H,3-4,10H2,1-2H3. The molecule has 0 N–H and O–H groups in total. The SMILES string of the molecule is COc1ccc(C2CCCN2c2nccn3nc(C)cc23)cc1. The fraction of sp³-hybridized carbons (Fsp3) is 0.333. The second-order valence-corrected chi connectivity index (χ2v) is 5.99. The summed E-state index contributed by atoms with van der Waals surface area (Å²) in [7, 11) is 1.70. The van der Waals surface area contributed by atoms with E-state index in [9.17, 15) is 0 Å². The average molecular weight is 308 g/mol. The van der Waals surface area contributed by atoms with Gasteiger partial charge in [0.1, 0.15) is 11.3 Å². The molecule has 1 atom stereocenters. The van der Waals surface area contributed by atoms with E-state index < -0.39 is 0 Å². The van der Waals surface area contributed by atoms with Gasteiger partial charge in [0.25, 0.3) is 0 Å². The van der Waals surface area contributed by atoms with Crippen molar-refractivity contribution in [2.24, 2.45) is 0 Å². The first-order valence-corrected chi connectivity index (χ1v) is 7.98. The van der Waals surface area contributed by atoms with Crippen LogP contribution in [0.2, 0.25) is 0 Å². The molecule has 5 heteroatoms. The summed E-state index contributed by atoms with van der Waals surface area (Å²) in [6.45, 7) is 3.04. The molecule has 0 amide bonds. The lowest BCUT2D eigenvalue weighted by atomic mass is 10.0. The molecule has 4 rings (SSSR count). The molecule has 0 radical (unpaired) electrons. The van der Waals surface area contributed by atoms with Crippen LogP contribution in [0.5, 0.6) is 5.75 Å². The fourth-order valence-corrected chi connectivity index (χ4v) is 3.44. The highest BCUT2D eigenvalue weighted by Crippen LogP contribution is 2.37. The summed E-state index contributed by atoms with van der Waals surface area (Å²) in [5.41, 5.74) is 3.40. The average Bonchev–Trinajstić information content (AvgIpc) is 3.20. The number of fused-ring (bicyclic) bond motifs is 1. The molecule has 0 saturated carbocycles. The van der Waals surface area contributed by atoms with Gasteiger partial charge < -0.3 is 9.64 Å². The number of hydrogen-bond donors (Lipinski definition) is 0. The first kappa shape index (κ1) is 14.1. The largest absolute Gasteiger partial charge is 0.497 e. The number of benzene rings is 1. The summed E-state index contributed by atoms with van der Waals surface area (Å²) in [5, 5.41) is 4.50. The maximum absolute atomic E-state index is 5.27. The van der Waals surface area contributed by atoms with E-state index in [0.717, 1.165) is 35.7 Å². The van der Waals surface area contributed by atoms with E-state index in [1.807, 2.05) is 36.0 Å². The quantitative estimate of drug-likeness (QED) is 0.744. The highest BCUT2D eigenvalue weighted by molar-refractivity contribution is 5.70. The topological polar surface area (TPSA) is 42.7 Å². The summed E-state index contributed by atoms with van der Waals surface area (Å²) in [4.78, 5) is 7.05. The first-order valence-electron chi connectivity index (χ1n) is 7.98. The van der Waals surface area contributed by atoms with E-state index >= 15 is 0 Å². The Balaban J connectivity index is 1.74. The van der Waals surface area contributed by atoms with Crippen LogP contribution in [0.15, 0.2) is 42.7 Å². The number of hydrogen-bond acceptors (Lipinski definition) is 4. The van der Waals surface area contributed by atoms with Gasteiger partial charge in [0, 0.05) is 18.9 Å². The van der Waals surface area contributed by atoms with Crippen LogP contribution in [0.25, 0.3) is 5.52 Å². The van der Waals surface area contributed by atoms with E-state index in [2.05, 4.69) is 33.2 Å². The van der Waals surface area contributed by atoms with E-state index in [1.165, 1.54) is 12.0 Å². The van der Waals surface area contributed by atoms with Crippen molar-refractivity contribution in [3.8, 4) is 5.75 Å². The van der Waals surface area contributed by atoms with Crippen molar-refractivity contribution < 1.29 is 4.74 Å². The molecular weight excluding hydrogens is 288 g/mol. The van der Waals surface area contributed by atoms with Gasteiger partial charge >= 0.3 is 0 Å². The van der Waals surface area contributed by atoms with Gasteiger partial charge in [-0.05, 0) is 43.5 Å². The molecule has 0 bridgehead atoms. The minimum absolute atomic E-state index is 0.356. The van der Waals surface area contributed by atoms with Crippen LogP contribution in [-0.2, 0) is 0 Å². The van der Waals surface area contributed by atoms with Gasteiger partial charge in [-0.25, -0.2) is 9.50 Å². The molecule has 1 fully saturated rings. The fourth-order valence-electron chi connectivity index (χ4n) is 3.44. The molecule has 5 nitrogen and oxygen atoms in total. The lowest BCUT2D eigenvalue weighted by Crippen LogP contribution is -2.24. The van der Waals surface area contributed by atoms with Crippen molar-refractivity contribution in [3.05, 3.63) is 54.0 Å². The molecule has 0 spiro atoms. The van der Waals surface area contributed by atoms with Crippen LogP contribution in [-0.4, -0.2) is 28.3 Å². The van der Waals surface area contributed by atoms with Crippen molar-refractivity contribution in [2.45, 2.75) is 25.8 Å². The third-order valence-electron chi connectivity index (χ3n) is 4.52. The van der Waals surface area contributed by atoms with Crippen LogP contribution in [0, 0.1) is 6.92 Å². The smallest absolute Gasteiger partial charge is 0.155 e. The van der Waals surface area contributed by atoms with E-state index in [0.29, 0.717) is 6.04 Å². The molecule has 1 unspecified atom stereocenters. The molecule has 1 aliphatic heterocycles. The van der Waals surface area contributed by atoms with Gasteiger partial charge in [0.15, 0.2) is 5.82 Å². The van der Waals surface area contributed by atoms with Crippen LogP contribution >= 0.6 is 0 Å². The van der Waals surface area contributed by atoms with Gasteiger partial charge in [0.05, 0.1) is 18.8 Å². The number of rotatable bonds is 3. The second-order valence-electron chi connectivity index (χ2n) is 5.99. The van der Waals surface area contributed by atoms with Gasteiger partial charge in [-0.3, -0.25) is 0 Å². The van der Waals surface area contributed by atoms with Crippen molar-refractivity contribution in [1.82, 2.24) is 14.6 Å². The van der Waals surface area contributed by atoms with Crippen LogP contribution in [0.3, 0.4) is 0 Å². The van der Waals surface area contributed by atoms with Crippen molar-refractivity contribution in [1.29, 1.82) is 0 Å². The Morgan fingerprint density at radius 1 is 1.22 bits per heavy atom. The summed E-state index contributed by atoms with van der Waals surface area (Å²) < 4.78 is 7.18. The van der Waals surface area contributed by atoms with Crippen molar-refractivity contribution in [3.63, 3.8) is 0 Å². The highest BCUT2D eigenvalue weighted by atomic mass is 16.5. The summed E-state index contributed by atoms with van der Waals surface area (Å²) in [5.74, 6) is 1.91. The highest BCUT2D eigenvalue weighted by Gasteiger charge is 2.28. The molecule has 3 aromatic rings. The zero-order valence-corrected chi connectivity index (χ0v) is 13.4. The number of aromatic nitrogens is 3. The number of ether oxygens (including phenoxy) is 1. The molecule has 1 saturated heterocycles. The summed E-state index contributed by atoms with van der Waals surface area (Å²) >= 11 is 0. The molecule has 0 aliphatic carbocycles. The zero-order valence-electron chi connectivity index (χ0n) is 13.4. The number of aryl methyl sites for hydroxylation is 1. The van der Waals surface area contributed by atoms with Gasteiger partial charge in [0.2, 0.25) is 0 Å². The maximum Gasteiger partial charge on any atom is 0.155 e. The Hall–Kier alpha value is -2.56. The maximum atomic E-state index is 5.27. The lowest BCUT2D eigenvalue weighted by Gasteiger charge is -2.26. The predicted molar refractivity (Wildman–Crippen MR) is 90.0 cm³/mol. The number of nitrogens with zero attached hydrogens (tertiary/aromatic N) is 4. The Labute approximate surface area is 135 Å². The van der Waals surface area contributed by atoms with Crippen LogP contribution < -0.4 is 9.64 Å². The second kappa shape index (κ2) is 5.57. The molecule has 1 aliphatic rings. The van der Waals surface area contributed by atoms with E-state index in [1.54, 1.807) is 7.11 Å². The third kappa shape index (κ3) is 2.42.